The smallest absolute Gasteiger partial charge is 0.264 e. The molecule has 1 atom stereocenters. The fourth-order valence-electron chi connectivity index (χ4n) is 3.83. The van der Waals surface area contributed by atoms with Crippen molar-refractivity contribution >= 4 is 31.5 Å². The third kappa shape index (κ3) is 4.96. The number of furan rings is 1. The van der Waals surface area contributed by atoms with Gasteiger partial charge in [0.05, 0.1) is 34.9 Å². The van der Waals surface area contributed by atoms with Crippen LogP contribution in [0.3, 0.4) is 0 Å². The van der Waals surface area contributed by atoms with Crippen LogP contribution in [0.5, 0.6) is 0 Å². The first kappa shape index (κ1) is 23.1. The third-order valence-corrected chi connectivity index (χ3v) is 9.25. The zero-order valence-corrected chi connectivity index (χ0v) is 19.6. The Kier molecular flexibility index (Phi) is 6.31. The van der Waals surface area contributed by atoms with Crippen LogP contribution < -0.4 is 4.31 Å². The number of sulfonamides is 1. The van der Waals surface area contributed by atoms with Gasteiger partial charge < -0.3 is 9.32 Å². The van der Waals surface area contributed by atoms with E-state index in [1.165, 1.54) is 46.8 Å². The van der Waals surface area contributed by atoms with Gasteiger partial charge in [-0.25, -0.2) is 16.8 Å². The number of carbonyl (C=O) groups excluding carboxylic acids is 1. The molecule has 1 aromatic heterocycles. The van der Waals surface area contributed by atoms with E-state index in [4.69, 9.17) is 4.42 Å². The SMILES string of the molecule is CN(c1ccccc1)S(=O)(=O)c1ccc(C(=O)N(Cc2ccco2)C2CCS(=O)(=O)C2)cc1. The first-order chi connectivity index (χ1) is 15.7. The van der Waals surface area contributed by atoms with Crippen LogP contribution in [-0.2, 0) is 26.4 Å². The molecule has 1 aliphatic heterocycles. The normalized spacial score (nSPS) is 17.5. The Bertz CT molecular complexity index is 1320. The first-order valence-electron chi connectivity index (χ1n) is 10.4. The van der Waals surface area contributed by atoms with Crippen LogP contribution in [0, 0.1) is 0 Å². The maximum Gasteiger partial charge on any atom is 0.264 e. The molecule has 8 nitrogen and oxygen atoms in total. The van der Waals surface area contributed by atoms with Crippen molar-refractivity contribution in [1.29, 1.82) is 0 Å². The molecule has 1 unspecified atom stereocenters. The number of sulfone groups is 1. The van der Waals surface area contributed by atoms with E-state index in [9.17, 15) is 21.6 Å². The highest BCUT2D eigenvalue weighted by Crippen LogP contribution is 2.25. The topological polar surface area (TPSA) is 105 Å². The molecule has 2 heterocycles. The Morgan fingerprint density at radius 3 is 2.30 bits per heavy atom. The van der Waals surface area contributed by atoms with E-state index < -0.39 is 25.9 Å². The molecule has 0 spiro atoms. The second-order valence-electron chi connectivity index (χ2n) is 7.90. The summed E-state index contributed by atoms with van der Waals surface area (Å²) in [5.41, 5.74) is 0.789. The lowest BCUT2D eigenvalue weighted by atomic mass is 10.1. The highest BCUT2D eigenvalue weighted by molar-refractivity contribution is 7.92. The zero-order chi connectivity index (χ0) is 23.6. The van der Waals surface area contributed by atoms with Crippen LogP contribution in [0.2, 0.25) is 0 Å². The zero-order valence-electron chi connectivity index (χ0n) is 18.0. The van der Waals surface area contributed by atoms with Gasteiger partial charge in [-0.3, -0.25) is 9.10 Å². The maximum absolute atomic E-state index is 13.3. The summed E-state index contributed by atoms with van der Waals surface area (Å²) in [5, 5.41) is 0. The quantitative estimate of drug-likeness (QED) is 0.506. The molecule has 0 bridgehead atoms. The lowest BCUT2D eigenvalue weighted by molar-refractivity contribution is 0.0666. The number of carbonyl (C=O) groups is 1. The number of amides is 1. The summed E-state index contributed by atoms with van der Waals surface area (Å²) in [7, 11) is -5.55. The molecule has 2 aromatic carbocycles. The van der Waals surface area contributed by atoms with Gasteiger partial charge in [0.15, 0.2) is 9.84 Å². The summed E-state index contributed by atoms with van der Waals surface area (Å²) in [6.45, 7) is 0.128. The van der Waals surface area contributed by atoms with Gasteiger partial charge in [0.1, 0.15) is 5.76 Å². The Morgan fingerprint density at radius 2 is 1.73 bits per heavy atom. The van der Waals surface area contributed by atoms with Crippen LogP contribution >= 0.6 is 0 Å². The average Bonchev–Trinajstić information content (AvgIpc) is 3.46. The van der Waals surface area contributed by atoms with E-state index in [0.717, 1.165) is 0 Å². The molecule has 0 N–H and O–H groups in total. The molecule has 10 heteroatoms. The van der Waals surface area contributed by atoms with Gasteiger partial charge >= 0.3 is 0 Å². The van der Waals surface area contributed by atoms with E-state index >= 15 is 0 Å². The van der Waals surface area contributed by atoms with Gasteiger partial charge in [-0.05, 0) is 55.0 Å². The molecule has 1 aliphatic rings. The minimum absolute atomic E-state index is 0.0304. The first-order valence-corrected chi connectivity index (χ1v) is 13.6. The van der Waals surface area contributed by atoms with Crippen molar-refractivity contribution in [3.63, 3.8) is 0 Å². The number of hydrogen-bond donors (Lipinski definition) is 0. The number of benzene rings is 2. The summed E-state index contributed by atoms with van der Waals surface area (Å²) >= 11 is 0. The molecular weight excluding hydrogens is 464 g/mol. The van der Waals surface area contributed by atoms with Gasteiger partial charge in [0.25, 0.3) is 15.9 Å². The Hall–Kier alpha value is -3.11. The molecule has 0 aliphatic carbocycles. The highest BCUT2D eigenvalue weighted by Gasteiger charge is 2.35. The number of rotatable bonds is 7. The van der Waals surface area contributed by atoms with E-state index in [0.29, 0.717) is 17.9 Å². The molecule has 1 fully saturated rings. The molecule has 1 amide bonds. The van der Waals surface area contributed by atoms with E-state index in [1.807, 2.05) is 0 Å². The van der Waals surface area contributed by atoms with Crippen molar-refractivity contribution in [1.82, 2.24) is 4.90 Å². The molecule has 174 valence electrons. The van der Waals surface area contributed by atoms with Crippen molar-refractivity contribution in [2.45, 2.75) is 23.9 Å². The van der Waals surface area contributed by atoms with E-state index in [1.54, 1.807) is 42.5 Å². The minimum atomic E-state index is -3.81. The molecule has 1 saturated heterocycles. The van der Waals surface area contributed by atoms with E-state index in [2.05, 4.69) is 0 Å². The lowest BCUT2D eigenvalue weighted by Crippen LogP contribution is -2.40. The summed E-state index contributed by atoms with van der Waals surface area (Å²) in [4.78, 5) is 14.9. The average molecular weight is 489 g/mol. The number of anilines is 1. The Morgan fingerprint density at radius 1 is 1.03 bits per heavy atom. The number of hydrogen-bond acceptors (Lipinski definition) is 6. The summed E-state index contributed by atoms with van der Waals surface area (Å²) in [6, 6.07) is 17.3. The predicted molar refractivity (Wildman–Crippen MR) is 124 cm³/mol. The molecule has 3 aromatic rings. The Balaban J connectivity index is 1.59. The maximum atomic E-state index is 13.3. The third-order valence-electron chi connectivity index (χ3n) is 5.70. The van der Waals surface area contributed by atoms with Crippen LogP contribution in [0.25, 0.3) is 0 Å². The fourth-order valence-corrected chi connectivity index (χ4v) is 6.75. The predicted octanol–water partition coefficient (Wildman–Crippen LogP) is 2.93. The molecule has 4 rings (SSSR count). The summed E-state index contributed by atoms with van der Waals surface area (Å²) in [5.74, 6) is 0.0846. The minimum Gasteiger partial charge on any atom is -0.467 e. The largest absolute Gasteiger partial charge is 0.467 e. The van der Waals surface area contributed by atoms with Gasteiger partial charge in [-0.15, -0.1) is 0 Å². The van der Waals surface area contributed by atoms with Gasteiger partial charge in [0, 0.05) is 18.7 Å². The van der Waals surface area contributed by atoms with Gasteiger partial charge in [-0.2, -0.15) is 0 Å². The summed E-state index contributed by atoms with van der Waals surface area (Å²) in [6.07, 6.45) is 1.84. The second kappa shape index (κ2) is 9.03. The van der Waals surface area contributed by atoms with Crippen molar-refractivity contribution < 1.29 is 26.0 Å². The summed E-state index contributed by atoms with van der Waals surface area (Å²) < 4.78 is 56.5. The lowest BCUT2D eigenvalue weighted by Gasteiger charge is -2.27. The van der Waals surface area contributed by atoms with Crippen LogP contribution in [-0.4, -0.2) is 52.2 Å². The van der Waals surface area contributed by atoms with Crippen molar-refractivity contribution in [2.75, 3.05) is 22.9 Å². The van der Waals surface area contributed by atoms with Gasteiger partial charge in [0.2, 0.25) is 0 Å². The van der Waals surface area contributed by atoms with Crippen LogP contribution in [0.4, 0.5) is 5.69 Å². The van der Waals surface area contributed by atoms with Crippen molar-refractivity contribution in [2.24, 2.45) is 0 Å². The molecule has 0 saturated carbocycles. The molecule has 0 radical (unpaired) electrons. The monoisotopic (exact) mass is 488 g/mol. The molecular formula is C23H24N2O6S2. The fraction of sp³-hybridized carbons (Fsp3) is 0.261. The highest BCUT2D eigenvalue weighted by atomic mass is 32.2. The number of para-hydroxylation sites is 1. The molecule has 33 heavy (non-hydrogen) atoms. The Labute approximate surface area is 193 Å². The van der Waals surface area contributed by atoms with Crippen molar-refractivity contribution in [3.8, 4) is 0 Å². The standard InChI is InChI=1S/C23H24N2O6S2/c1-24(19-6-3-2-4-7-19)33(29,30)22-11-9-18(10-12-22)23(26)25(16-21-8-5-14-31-21)20-13-15-32(27,28)17-20/h2-12,14,20H,13,15-17H2,1H3. The van der Waals surface area contributed by atoms with E-state index in [-0.39, 0.29) is 34.4 Å². The van der Waals surface area contributed by atoms with Crippen molar-refractivity contribution in [3.05, 3.63) is 84.3 Å². The van der Waals surface area contributed by atoms with Gasteiger partial charge in [-0.1, -0.05) is 18.2 Å². The van der Waals surface area contributed by atoms with Crippen LogP contribution in [0.1, 0.15) is 22.5 Å². The number of nitrogens with zero attached hydrogens (tertiary/aromatic N) is 2. The second-order valence-corrected chi connectivity index (χ2v) is 12.1. The van der Waals surface area contributed by atoms with Crippen LogP contribution in [0.15, 0.2) is 82.3 Å².